The minimum absolute atomic E-state index is 0.00352. The summed E-state index contributed by atoms with van der Waals surface area (Å²) < 4.78 is 56.5. The van der Waals surface area contributed by atoms with E-state index in [-0.39, 0.29) is 37.1 Å². The number of carbonyl (C=O) groups is 3. The molecule has 1 saturated carbocycles. The Balaban J connectivity index is 1.13. The van der Waals surface area contributed by atoms with Gasteiger partial charge in [-0.3, -0.25) is 14.4 Å². The van der Waals surface area contributed by atoms with Gasteiger partial charge in [-0.25, -0.2) is 4.39 Å². The monoisotopic (exact) mass is 730 g/mol. The second kappa shape index (κ2) is 16.0. The fraction of sp³-hybridized carbons (Fsp3) is 0.273. The summed E-state index contributed by atoms with van der Waals surface area (Å²) in [4.78, 5) is 49.0. The molecule has 51 heavy (non-hydrogen) atoms. The molecule has 0 radical (unpaired) electrons. The molecule has 1 atom stereocenters. The van der Waals surface area contributed by atoms with Gasteiger partial charge < -0.3 is 36.4 Å². The van der Waals surface area contributed by atoms with Crippen molar-refractivity contribution in [3.05, 3.63) is 100 Å². The molecule has 18 heteroatoms. The molecule has 6 N–H and O–H groups in total. The Hall–Kier alpha value is -5.55. The first kappa shape index (κ1) is 36.7. The van der Waals surface area contributed by atoms with Gasteiger partial charge >= 0.3 is 24.0 Å². The molecule has 3 aromatic carbocycles. The van der Waals surface area contributed by atoms with Gasteiger partial charge in [0.15, 0.2) is 6.61 Å². The van der Waals surface area contributed by atoms with Gasteiger partial charge in [-0.1, -0.05) is 35.9 Å². The van der Waals surface area contributed by atoms with Crippen LogP contribution in [0.5, 0.6) is 6.01 Å². The summed E-state index contributed by atoms with van der Waals surface area (Å²) in [5.74, 6) is -3.10. The van der Waals surface area contributed by atoms with Crippen molar-refractivity contribution in [3.63, 3.8) is 0 Å². The van der Waals surface area contributed by atoms with Crippen molar-refractivity contribution in [2.45, 2.75) is 37.2 Å². The third-order valence-electron chi connectivity index (χ3n) is 7.45. The summed E-state index contributed by atoms with van der Waals surface area (Å²) in [6, 6.07) is 17.8. The van der Waals surface area contributed by atoms with Crippen LogP contribution in [-0.4, -0.2) is 69.8 Å². The second-order valence-electron chi connectivity index (χ2n) is 11.5. The first-order chi connectivity index (χ1) is 24.3. The van der Waals surface area contributed by atoms with Crippen LogP contribution in [0.15, 0.2) is 72.8 Å². The van der Waals surface area contributed by atoms with Crippen LogP contribution in [-0.2, 0) is 21.7 Å². The predicted octanol–water partition coefficient (Wildman–Crippen LogP) is 3.97. The van der Waals surface area contributed by atoms with E-state index in [0.29, 0.717) is 29.1 Å². The number of carbonyl (C=O) groups excluding carboxylic acids is 3. The Morgan fingerprint density at radius 1 is 0.843 bits per heavy atom. The van der Waals surface area contributed by atoms with Gasteiger partial charge in [-0.05, 0) is 72.5 Å². The Bertz CT molecular complexity index is 1840. The van der Waals surface area contributed by atoms with E-state index in [1.165, 1.54) is 48.5 Å². The number of rotatable bonds is 14. The molecule has 0 spiro atoms. The number of amides is 3. The molecular formula is C33H31ClF4N8O5. The lowest BCUT2D eigenvalue weighted by Gasteiger charge is -2.19. The van der Waals surface area contributed by atoms with Crippen LogP contribution < -0.4 is 31.3 Å². The van der Waals surface area contributed by atoms with Crippen LogP contribution >= 0.6 is 11.6 Å². The molecule has 1 fully saturated rings. The number of alkyl halides is 3. The molecule has 0 aliphatic heterocycles. The van der Waals surface area contributed by atoms with Crippen LogP contribution in [0.25, 0.3) is 0 Å². The van der Waals surface area contributed by atoms with Crippen LogP contribution in [0.4, 0.5) is 35.1 Å². The molecule has 1 aromatic heterocycles. The van der Waals surface area contributed by atoms with Gasteiger partial charge in [0, 0.05) is 35.9 Å². The molecule has 5 rings (SSSR count). The Labute approximate surface area is 293 Å². The van der Waals surface area contributed by atoms with Crippen LogP contribution in [0.1, 0.15) is 34.3 Å². The first-order valence-corrected chi connectivity index (χ1v) is 15.8. The molecule has 1 aliphatic carbocycles. The fourth-order valence-electron chi connectivity index (χ4n) is 4.65. The lowest BCUT2D eigenvalue weighted by Crippen LogP contribution is -2.45. The minimum atomic E-state index is -4.63. The van der Waals surface area contributed by atoms with Crippen molar-refractivity contribution in [2.24, 2.45) is 0 Å². The fourth-order valence-corrected chi connectivity index (χ4v) is 4.77. The average Bonchev–Trinajstić information content (AvgIpc) is 3.88. The molecule has 3 amide bonds. The van der Waals surface area contributed by atoms with Crippen LogP contribution in [0.2, 0.25) is 5.02 Å². The minimum Gasteiger partial charge on any atom is -0.454 e. The van der Waals surface area contributed by atoms with E-state index in [4.69, 9.17) is 16.3 Å². The van der Waals surface area contributed by atoms with Gasteiger partial charge in [0.1, 0.15) is 5.82 Å². The van der Waals surface area contributed by atoms with Crippen molar-refractivity contribution in [2.75, 3.05) is 30.3 Å². The molecule has 13 nitrogen and oxygen atoms in total. The third-order valence-corrected chi connectivity index (χ3v) is 7.70. The van der Waals surface area contributed by atoms with E-state index in [0.717, 1.165) is 5.56 Å². The zero-order valence-electron chi connectivity index (χ0n) is 26.6. The smallest absolute Gasteiger partial charge is 0.422 e. The number of aliphatic hydroxyl groups excluding tert-OH is 1. The number of aromatic nitrogens is 3. The topological polar surface area (TPSA) is 179 Å². The lowest BCUT2D eigenvalue weighted by atomic mass is 10.1. The maximum absolute atomic E-state index is 13.0. The molecular weight excluding hydrogens is 700 g/mol. The van der Waals surface area contributed by atoms with Crippen molar-refractivity contribution in [1.82, 2.24) is 30.9 Å². The van der Waals surface area contributed by atoms with Crippen LogP contribution in [0, 0.1) is 5.82 Å². The summed E-state index contributed by atoms with van der Waals surface area (Å²) in [6.07, 6.45) is -4.42. The van der Waals surface area contributed by atoms with E-state index < -0.39 is 54.0 Å². The summed E-state index contributed by atoms with van der Waals surface area (Å²) in [7, 11) is 0. The van der Waals surface area contributed by atoms with E-state index in [1.807, 2.05) is 12.1 Å². The number of halogens is 5. The number of aliphatic hydroxyl groups is 1. The highest BCUT2D eigenvalue weighted by Crippen LogP contribution is 2.48. The van der Waals surface area contributed by atoms with Crippen molar-refractivity contribution in [1.29, 1.82) is 0 Å². The molecule has 268 valence electrons. The number of nitrogens with one attached hydrogen (secondary N) is 5. The zero-order chi connectivity index (χ0) is 36.6. The van der Waals surface area contributed by atoms with Gasteiger partial charge in [0.2, 0.25) is 11.9 Å². The first-order valence-electron chi connectivity index (χ1n) is 15.4. The maximum Gasteiger partial charge on any atom is 0.422 e. The Morgan fingerprint density at radius 2 is 1.47 bits per heavy atom. The number of hydrogen-bond acceptors (Lipinski definition) is 10. The molecule has 1 unspecified atom stereocenters. The van der Waals surface area contributed by atoms with E-state index in [1.54, 1.807) is 12.1 Å². The molecule has 1 heterocycles. The third kappa shape index (κ3) is 11.0. The van der Waals surface area contributed by atoms with Crippen molar-refractivity contribution in [3.8, 4) is 6.01 Å². The predicted molar refractivity (Wildman–Crippen MR) is 177 cm³/mol. The summed E-state index contributed by atoms with van der Waals surface area (Å²) in [6.45, 7) is -2.20. The number of hydrogen-bond donors (Lipinski definition) is 6. The highest BCUT2D eigenvalue weighted by molar-refractivity contribution is 6.35. The standard InChI is InChI=1S/C33H31ClF4N8O5/c34-22-7-5-21(6-8-22)32(13-14-32)46-30-43-29(44-31(45-30)51-18-33(36,37)38)42-24-11-3-20(4-12-24)26(48)40-16-25(47)17-41-28(50)27(49)39-15-19-1-9-23(35)10-2-19/h1-12,25,47H,13-18H2,(H,39,49)(H,40,48)(H,41,50)(H2,42,43,44,45,46). The zero-order valence-corrected chi connectivity index (χ0v) is 27.3. The maximum atomic E-state index is 13.0. The second-order valence-corrected chi connectivity index (χ2v) is 11.9. The van der Waals surface area contributed by atoms with Gasteiger partial charge in [-0.15, -0.1) is 0 Å². The summed E-state index contributed by atoms with van der Waals surface area (Å²) >= 11 is 6.01. The number of nitrogens with zero attached hydrogens (tertiary/aromatic N) is 3. The normalized spacial score (nSPS) is 13.8. The number of benzene rings is 3. The van der Waals surface area contributed by atoms with Gasteiger partial charge in [-0.2, -0.15) is 28.1 Å². The van der Waals surface area contributed by atoms with E-state index in [9.17, 15) is 37.1 Å². The Morgan fingerprint density at radius 3 is 2.12 bits per heavy atom. The van der Waals surface area contributed by atoms with Gasteiger partial charge in [0.05, 0.1) is 11.6 Å². The number of ether oxygens (including phenoxy) is 1. The van der Waals surface area contributed by atoms with Gasteiger partial charge in [0.25, 0.3) is 5.91 Å². The molecule has 0 saturated heterocycles. The van der Waals surface area contributed by atoms with Crippen LogP contribution in [0.3, 0.4) is 0 Å². The lowest BCUT2D eigenvalue weighted by molar-refractivity contribution is -0.154. The highest BCUT2D eigenvalue weighted by atomic mass is 35.5. The summed E-state index contributed by atoms with van der Waals surface area (Å²) in [5.41, 5.74) is 1.51. The number of anilines is 3. The molecule has 1 aliphatic rings. The summed E-state index contributed by atoms with van der Waals surface area (Å²) in [5, 5.41) is 23.9. The van der Waals surface area contributed by atoms with Crippen molar-refractivity contribution < 1.29 is 41.8 Å². The van der Waals surface area contributed by atoms with E-state index in [2.05, 4.69) is 41.5 Å². The van der Waals surface area contributed by atoms with E-state index >= 15 is 0 Å². The molecule has 0 bridgehead atoms. The quantitative estimate of drug-likeness (QED) is 0.0822. The average molecular weight is 731 g/mol. The largest absolute Gasteiger partial charge is 0.454 e. The SMILES string of the molecule is O=C(NCc1ccc(F)cc1)C(=O)NCC(O)CNC(=O)c1ccc(Nc2nc(NC3(c4ccc(Cl)cc4)CC3)nc(OCC(F)(F)F)n2)cc1. The highest BCUT2D eigenvalue weighted by Gasteiger charge is 2.45. The Kier molecular flexibility index (Phi) is 11.5. The van der Waals surface area contributed by atoms with Crippen molar-refractivity contribution >= 4 is 46.9 Å². The molecule has 4 aromatic rings.